The van der Waals surface area contributed by atoms with Crippen molar-refractivity contribution in [1.29, 1.82) is 0 Å². The van der Waals surface area contributed by atoms with E-state index in [0.717, 1.165) is 45.4 Å². The van der Waals surface area contributed by atoms with Gasteiger partial charge in [-0.2, -0.15) is 4.98 Å². The molecular formula is C14H24N6O2. The number of aliphatic imine (C=N–C) groups is 1. The molecule has 0 aliphatic carbocycles. The van der Waals surface area contributed by atoms with Gasteiger partial charge in [0, 0.05) is 46.2 Å². The van der Waals surface area contributed by atoms with Gasteiger partial charge in [0.2, 0.25) is 5.89 Å². The van der Waals surface area contributed by atoms with E-state index < -0.39 is 0 Å². The van der Waals surface area contributed by atoms with Crippen LogP contribution >= 0.6 is 0 Å². The maximum atomic E-state index is 5.43. The summed E-state index contributed by atoms with van der Waals surface area (Å²) in [5.41, 5.74) is 0. The minimum atomic E-state index is 0.530. The molecule has 0 bridgehead atoms. The number of aryl methyl sites for hydroxylation is 1. The van der Waals surface area contributed by atoms with Gasteiger partial charge in [0.05, 0.1) is 19.8 Å². The summed E-state index contributed by atoms with van der Waals surface area (Å²) in [6.45, 7) is 8.11. The first-order valence-electron chi connectivity index (χ1n) is 7.83. The average Bonchev–Trinajstić information content (AvgIpc) is 3.18. The van der Waals surface area contributed by atoms with Crippen LogP contribution in [0, 0.1) is 6.92 Å². The van der Waals surface area contributed by atoms with Crippen molar-refractivity contribution in [2.24, 2.45) is 4.99 Å². The van der Waals surface area contributed by atoms with Gasteiger partial charge < -0.3 is 19.5 Å². The summed E-state index contributed by atoms with van der Waals surface area (Å²) >= 11 is 0. The number of hydrogen-bond acceptors (Lipinski definition) is 6. The molecule has 1 aromatic rings. The van der Waals surface area contributed by atoms with E-state index in [1.165, 1.54) is 6.42 Å². The van der Waals surface area contributed by atoms with Crippen LogP contribution in [-0.2, 0) is 11.3 Å². The molecule has 0 spiro atoms. The molecule has 1 unspecified atom stereocenters. The Bertz CT molecular complexity index is 511. The lowest BCUT2D eigenvalue weighted by Crippen LogP contribution is -2.46. The van der Waals surface area contributed by atoms with E-state index in [1.54, 1.807) is 6.92 Å². The zero-order chi connectivity index (χ0) is 15.4. The quantitative estimate of drug-likeness (QED) is 0.615. The van der Waals surface area contributed by atoms with E-state index in [2.05, 4.69) is 30.2 Å². The van der Waals surface area contributed by atoms with E-state index in [1.807, 2.05) is 7.05 Å². The highest BCUT2D eigenvalue weighted by molar-refractivity contribution is 5.80. The molecule has 2 saturated heterocycles. The van der Waals surface area contributed by atoms with Gasteiger partial charge in [-0.3, -0.25) is 9.89 Å². The highest BCUT2D eigenvalue weighted by Crippen LogP contribution is 2.17. The predicted molar refractivity (Wildman–Crippen MR) is 81.6 cm³/mol. The third-order valence-corrected chi connectivity index (χ3v) is 4.21. The molecule has 2 fully saturated rings. The van der Waals surface area contributed by atoms with Gasteiger partial charge in [-0.1, -0.05) is 5.16 Å². The number of nitrogens with zero attached hydrogens (tertiary/aromatic N) is 5. The minimum absolute atomic E-state index is 0.530. The van der Waals surface area contributed by atoms with Crippen molar-refractivity contribution >= 4 is 5.96 Å². The van der Waals surface area contributed by atoms with Crippen LogP contribution in [0.5, 0.6) is 0 Å². The monoisotopic (exact) mass is 308 g/mol. The molecule has 8 nitrogen and oxygen atoms in total. The van der Waals surface area contributed by atoms with Crippen molar-refractivity contribution in [3.63, 3.8) is 0 Å². The number of nitrogens with one attached hydrogen (secondary N) is 1. The first kappa shape index (κ1) is 15.2. The van der Waals surface area contributed by atoms with Gasteiger partial charge in [0.1, 0.15) is 0 Å². The van der Waals surface area contributed by atoms with Crippen molar-refractivity contribution in [2.45, 2.75) is 25.9 Å². The zero-order valence-corrected chi connectivity index (χ0v) is 13.3. The number of hydrogen-bond donors (Lipinski definition) is 1. The van der Waals surface area contributed by atoms with Gasteiger partial charge in [-0.25, -0.2) is 0 Å². The number of morpholine rings is 1. The number of guanidine groups is 1. The van der Waals surface area contributed by atoms with E-state index in [9.17, 15) is 0 Å². The van der Waals surface area contributed by atoms with Crippen LogP contribution in [0.3, 0.4) is 0 Å². The van der Waals surface area contributed by atoms with Crippen LogP contribution in [0.15, 0.2) is 9.52 Å². The first-order chi connectivity index (χ1) is 10.8. The second kappa shape index (κ2) is 7.06. The van der Waals surface area contributed by atoms with Crippen LogP contribution in [0.4, 0.5) is 0 Å². The minimum Gasteiger partial charge on any atom is -0.379 e. The molecule has 3 heterocycles. The fourth-order valence-corrected chi connectivity index (χ4v) is 3.08. The average molecular weight is 308 g/mol. The van der Waals surface area contributed by atoms with Gasteiger partial charge in [-0.15, -0.1) is 0 Å². The molecule has 122 valence electrons. The second-order valence-corrected chi connectivity index (χ2v) is 5.67. The number of rotatable bonds is 3. The Morgan fingerprint density at radius 3 is 2.86 bits per heavy atom. The van der Waals surface area contributed by atoms with Crippen LogP contribution in [0.25, 0.3) is 0 Å². The summed E-state index contributed by atoms with van der Waals surface area (Å²) in [7, 11) is 1.81. The Morgan fingerprint density at radius 2 is 2.18 bits per heavy atom. The summed E-state index contributed by atoms with van der Waals surface area (Å²) in [6, 6.07) is 0.592. The summed E-state index contributed by atoms with van der Waals surface area (Å²) in [5, 5.41) is 7.20. The molecular weight excluding hydrogens is 284 g/mol. The van der Waals surface area contributed by atoms with Crippen molar-refractivity contribution in [3.8, 4) is 0 Å². The van der Waals surface area contributed by atoms with Crippen LogP contribution in [0.1, 0.15) is 18.1 Å². The fourth-order valence-electron chi connectivity index (χ4n) is 3.08. The molecule has 2 aliphatic heterocycles. The van der Waals surface area contributed by atoms with Crippen molar-refractivity contribution < 1.29 is 9.26 Å². The number of likely N-dealkylation sites (tertiary alicyclic amines) is 1. The van der Waals surface area contributed by atoms with E-state index >= 15 is 0 Å². The van der Waals surface area contributed by atoms with Gasteiger partial charge >= 0.3 is 0 Å². The first-order valence-corrected chi connectivity index (χ1v) is 7.83. The standard InChI is InChI=1S/C14H24N6O2/c1-11-17-13(18-22-11)9-16-14(15-2)20-4-3-12(10-20)19-5-7-21-8-6-19/h12H,3-10H2,1-2H3,(H,15,16). The lowest BCUT2D eigenvalue weighted by Gasteiger charge is -2.32. The molecule has 22 heavy (non-hydrogen) atoms. The summed E-state index contributed by atoms with van der Waals surface area (Å²) in [6.07, 6.45) is 1.17. The molecule has 0 saturated carbocycles. The molecule has 1 atom stereocenters. The predicted octanol–water partition coefficient (Wildman–Crippen LogP) is -0.140. The van der Waals surface area contributed by atoms with Gasteiger partial charge in [0.25, 0.3) is 0 Å². The largest absolute Gasteiger partial charge is 0.379 e. The molecule has 0 radical (unpaired) electrons. The zero-order valence-electron chi connectivity index (χ0n) is 13.3. The normalized spacial score (nSPS) is 24.0. The van der Waals surface area contributed by atoms with Crippen molar-refractivity contribution in [1.82, 2.24) is 25.3 Å². The van der Waals surface area contributed by atoms with E-state index in [-0.39, 0.29) is 0 Å². The maximum Gasteiger partial charge on any atom is 0.223 e. The third-order valence-electron chi connectivity index (χ3n) is 4.21. The summed E-state index contributed by atoms with van der Waals surface area (Å²) < 4.78 is 10.4. The van der Waals surface area contributed by atoms with E-state index in [0.29, 0.717) is 24.3 Å². The molecule has 3 rings (SSSR count). The lowest BCUT2D eigenvalue weighted by molar-refractivity contribution is 0.0195. The Hall–Kier alpha value is -1.67. The third kappa shape index (κ3) is 3.56. The van der Waals surface area contributed by atoms with Crippen molar-refractivity contribution in [3.05, 3.63) is 11.7 Å². The molecule has 8 heteroatoms. The maximum absolute atomic E-state index is 5.43. The second-order valence-electron chi connectivity index (χ2n) is 5.67. The smallest absolute Gasteiger partial charge is 0.223 e. The number of ether oxygens (including phenoxy) is 1. The molecule has 1 N–H and O–H groups in total. The Labute approximate surface area is 130 Å². The van der Waals surface area contributed by atoms with E-state index in [4.69, 9.17) is 9.26 Å². The topological polar surface area (TPSA) is 79.0 Å². The van der Waals surface area contributed by atoms with Gasteiger partial charge in [-0.05, 0) is 6.42 Å². The molecule has 2 aliphatic rings. The lowest BCUT2D eigenvalue weighted by atomic mass is 10.2. The van der Waals surface area contributed by atoms with Crippen LogP contribution in [-0.4, -0.2) is 78.4 Å². The Balaban J connectivity index is 1.51. The molecule has 1 aromatic heterocycles. The summed E-state index contributed by atoms with van der Waals surface area (Å²) in [5.74, 6) is 2.14. The highest BCUT2D eigenvalue weighted by atomic mass is 16.5. The SMILES string of the molecule is CN=C(NCc1noc(C)n1)N1CCC(N2CCOCC2)C1. The fraction of sp³-hybridized carbons (Fsp3) is 0.786. The molecule has 0 amide bonds. The van der Waals surface area contributed by atoms with Crippen molar-refractivity contribution in [2.75, 3.05) is 46.4 Å². The Morgan fingerprint density at radius 1 is 1.36 bits per heavy atom. The van der Waals surface area contributed by atoms with Crippen LogP contribution < -0.4 is 5.32 Å². The number of aromatic nitrogens is 2. The van der Waals surface area contributed by atoms with Gasteiger partial charge in [0.15, 0.2) is 11.8 Å². The highest BCUT2D eigenvalue weighted by Gasteiger charge is 2.30. The molecule has 0 aromatic carbocycles. The van der Waals surface area contributed by atoms with Crippen LogP contribution in [0.2, 0.25) is 0 Å². The Kier molecular flexibility index (Phi) is 4.89. The summed E-state index contributed by atoms with van der Waals surface area (Å²) in [4.78, 5) is 13.4.